The fourth-order valence-electron chi connectivity index (χ4n) is 2.47. The Bertz CT molecular complexity index is 823. The molecule has 0 aromatic heterocycles. The van der Waals surface area contributed by atoms with Crippen LogP contribution in [-0.4, -0.2) is 38.7 Å². The van der Waals surface area contributed by atoms with E-state index in [0.717, 1.165) is 0 Å². The molecule has 0 spiro atoms. The molecule has 0 aliphatic rings. The molecule has 7 nitrogen and oxygen atoms in total. The lowest BCUT2D eigenvalue weighted by atomic mass is 10.0. The second-order valence-electron chi connectivity index (χ2n) is 6.34. The zero-order valence-electron chi connectivity index (χ0n) is 16.3. The highest BCUT2D eigenvalue weighted by atomic mass is 16.5. The van der Waals surface area contributed by atoms with Gasteiger partial charge in [-0.1, -0.05) is 26.0 Å². The maximum atomic E-state index is 12.2. The molecule has 1 N–H and O–H groups in total. The van der Waals surface area contributed by atoms with E-state index in [1.54, 1.807) is 12.1 Å². The number of amides is 1. The van der Waals surface area contributed by atoms with Crippen LogP contribution in [0.2, 0.25) is 0 Å². The largest absolute Gasteiger partial charge is 0.484 e. The van der Waals surface area contributed by atoms with Gasteiger partial charge in [0.05, 0.1) is 25.3 Å². The molecule has 1 amide bonds. The van der Waals surface area contributed by atoms with Crippen molar-refractivity contribution in [3.05, 3.63) is 59.2 Å². The molecule has 0 atom stereocenters. The minimum Gasteiger partial charge on any atom is -0.484 e. The van der Waals surface area contributed by atoms with Gasteiger partial charge in [-0.3, -0.25) is 4.79 Å². The van der Waals surface area contributed by atoms with Gasteiger partial charge in [0.1, 0.15) is 5.75 Å². The van der Waals surface area contributed by atoms with Crippen molar-refractivity contribution in [3.8, 4) is 5.75 Å². The van der Waals surface area contributed by atoms with Gasteiger partial charge in [0.15, 0.2) is 6.61 Å². The molecule has 28 heavy (non-hydrogen) atoms. The molecule has 0 bridgehead atoms. The molecule has 0 saturated carbocycles. The van der Waals surface area contributed by atoms with Gasteiger partial charge in [-0.2, -0.15) is 0 Å². The summed E-state index contributed by atoms with van der Waals surface area (Å²) in [5.74, 6) is -0.738. The molecule has 2 aromatic carbocycles. The second kappa shape index (κ2) is 9.55. The Labute approximate surface area is 163 Å². The molecule has 0 heterocycles. The van der Waals surface area contributed by atoms with Gasteiger partial charge in [0.25, 0.3) is 5.91 Å². The van der Waals surface area contributed by atoms with Crippen LogP contribution in [0.5, 0.6) is 5.75 Å². The van der Waals surface area contributed by atoms with Crippen molar-refractivity contribution in [3.63, 3.8) is 0 Å². The first kappa shape index (κ1) is 21.0. The van der Waals surface area contributed by atoms with Crippen LogP contribution in [0.3, 0.4) is 0 Å². The summed E-state index contributed by atoms with van der Waals surface area (Å²) in [7, 11) is 2.45. The molecule has 7 heteroatoms. The van der Waals surface area contributed by atoms with Crippen LogP contribution in [0.25, 0.3) is 0 Å². The average Bonchev–Trinajstić information content (AvgIpc) is 2.70. The molecule has 0 aliphatic carbocycles. The van der Waals surface area contributed by atoms with Crippen LogP contribution in [0.4, 0.5) is 5.69 Å². The standard InChI is InChI=1S/C21H23NO6/c1-13(2)14-5-7-18(8-6-14)28-12-19(23)22-17-10-15(20(24)26-3)9-16(11-17)21(25)27-4/h5-11,13H,12H2,1-4H3,(H,22,23). The van der Waals surface area contributed by atoms with E-state index in [4.69, 9.17) is 4.74 Å². The van der Waals surface area contributed by atoms with Gasteiger partial charge >= 0.3 is 11.9 Å². The minimum absolute atomic E-state index is 0.117. The van der Waals surface area contributed by atoms with E-state index in [1.165, 1.54) is 38.0 Å². The van der Waals surface area contributed by atoms with Crippen LogP contribution in [-0.2, 0) is 14.3 Å². The topological polar surface area (TPSA) is 90.9 Å². The van der Waals surface area contributed by atoms with Crippen LogP contribution < -0.4 is 10.1 Å². The van der Waals surface area contributed by atoms with Crippen LogP contribution in [0.15, 0.2) is 42.5 Å². The molecule has 0 aliphatic heterocycles. The molecule has 0 unspecified atom stereocenters. The number of ether oxygens (including phenoxy) is 3. The molecule has 148 valence electrons. The van der Waals surface area contributed by atoms with Gasteiger partial charge in [-0.05, 0) is 41.8 Å². The highest BCUT2D eigenvalue weighted by Gasteiger charge is 2.15. The summed E-state index contributed by atoms with van der Waals surface area (Å²) in [4.78, 5) is 35.8. The molecule has 2 rings (SSSR count). The van der Waals surface area contributed by atoms with Crippen molar-refractivity contribution < 1.29 is 28.6 Å². The van der Waals surface area contributed by atoms with Crippen molar-refractivity contribution in [2.45, 2.75) is 19.8 Å². The first-order chi connectivity index (χ1) is 13.3. The number of hydrogen-bond donors (Lipinski definition) is 1. The van der Waals surface area contributed by atoms with E-state index >= 15 is 0 Å². The maximum absolute atomic E-state index is 12.2. The average molecular weight is 385 g/mol. The van der Waals surface area contributed by atoms with Crippen molar-refractivity contribution in [1.82, 2.24) is 0 Å². The summed E-state index contributed by atoms with van der Waals surface area (Å²) < 4.78 is 14.8. The zero-order chi connectivity index (χ0) is 20.7. The van der Waals surface area contributed by atoms with Crippen molar-refractivity contribution in [2.75, 3.05) is 26.1 Å². The van der Waals surface area contributed by atoms with Crippen molar-refractivity contribution >= 4 is 23.5 Å². The number of nitrogens with one attached hydrogen (secondary N) is 1. The van der Waals surface area contributed by atoms with Gasteiger partial charge in [-0.15, -0.1) is 0 Å². The van der Waals surface area contributed by atoms with E-state index in [9.17, 15) is 14.4 Å². The lowest BCUT2D eigenvalue weighted by Crippen LogP contribution is -2.21. The lowest BCUT2D eigenvalue weighted by molar-refractivity contribution is -0.118. The monoisotopic (exact) mass is 385 g/mol. The quantitative estimate of drug-likeness (QED) is 0.735. The summed E-state index contributed by atoms with van der Waals surface area (Å²) >= 11 is 0. The zero-order valence-corrected chi connectivity index (χ0v) is 16.3. The predicted molar refractivity (Wildman–Crippen MR) is 104 cm³/mol. The smallest absolute Gasteiger partial charge is 0.337 e. The van der Waals surface area contributed by atoms with Gasteiger partial charge in [0.2, 0.25) is 0 Å². The van der Waals surface area contributed by atoms with Crippen LogP contribution in [0.1, 0.15) is 46.0 Å². The number of anilines is 1. The third kappa shape index (κ3) is 5.57. The Morgan fingerprint density at radius 3 is 1.89 bits per heavy atom. The number of rotatable bonds is 7. The Morgan fingerprint density at radius 2 is 1.43 bits per heavy atom. The first-order valence-electron chi connectivity index (χ1n) is 8.68. The molecular formula is C21H23NO6. The predicted octanol–water partition coefficient (Wildman–Crippen LogP) is 3.40. The van der Waals surface area contributed by atoms with E-state index in [1.807, 2.05) is 12.1 Å². The Hall–Kier alpha value is -3.35. The molecule has 0 radical (unpaired) electrons. The normalized spacial score (nSPS) is 10.3. The van der Waals surface area contributed by atoms with Crippen molar-refractivity contribution in [1.29, 1.82) is 0 Å². The van der Waals surface area contributed by atoms with Gasteiger partial charge in [0, 0.05) is 5.69 Å². The molecule has 2 aromatic rings. The van der Waals surface area contributed by atoms with E-state index in [0.29, 0.717) is 11.7 Å². The number of hydrogen-bond acceptors (Lipinski definition) is 6. The third-order valence-corrected chi connectivity index (χ3v) is 3.98. The summed E-state index contributed by atoms with van der Waals surface area (Å²) in [5, 5.41) is 2.60. The number of methoxy groups -OCH3 is 2. The SMILES string of the molecule is COC(=O)c1cc(NC(=O)COc2ccc(C(C)C)cc2)cc(C(=O)OC)c1. The van der Waals surface area contributed by atoms with Gasteiger partial charge in [-0.25, -0.2) is 9.59 Å². The summed E-state index contributed by atoms with van der Waals surface area (Å²) in [6.45, 7) is 3.96. The van der Waals surface area contributed by atoms with E-state index in [2.05, 4.69) is 28.6 Å². The first-order valence-corrected chi connectivity index (χ1v) is 8.68. The highest BCUT2D eigenvalue weighted by molar-refractivity contribution is 5.99. The summed E-state index contributed by atoms with van der Waals surface area (Å²) in [5.41, 5.74) is 1.66. The third-order valence-electron chi connectivity index (χ3n) is 3.98. The summed E-state index contributed by atoms with van der Waals surface area (Å²) in [6.07, 6.45) is 0. The fraction of sp³-hybridized carbons (Fsp3) is 0.286. The van der Waals surface area contributed by atoms with Gasteiger partial charge < -0.3 is 19.5 Å². The fourth-order valence-corrected chi connectivity index (χ4v) is 2.47. The molecular weight excluding hydrogens is 362 g/mol. The molecule has 0 fully saturated rings. The van der Waals surface area contributed by atoms with Crippen LogP contribution >= 0.6 is 0 Å². The molecule has 0 saturated heterocycles. The highest BCUT2D eigenvalue weighted by Crippen LogP contribution is 2.19. The second-order valence-corrected chi connectivity index (χ2v) is 6.34. The Morgan fingerprint density at radius 1 is 0.893 bits per heavy atom. The van der Waals surface area contributed by atoms with Crippen LogP contribution in [0, 0.1) is 0 Å². The number of benzene rings is 2. The Kier molecular flexibility index (Phi) is 7.14. The Balaban J connectivity index is 2.07. The van der Waals surface area contributed by atoms with E-state index < -0.39 is 17.8 Å². The minimum atomic E-state index is -0.636. The lowest BCUT2D eigenvalue weighted by Gasteiger charge is -2.11. The number of carbonyl (C=O) groups is 3. The number of esters is 2. The summed E-state index contributed by atoms with van der Waals surface area (Å²) in [6, 6.07) is 11.6. The van der Waals surface area contributed by atoms with Crippen molar-refractivity contribution in [2.24, 2.45) is 0 Å². The maximum Gasteiger partial charge on any atom is 0.337 e. The van der Waals surface area contributed by atoms with E-state index in [-0.39, 0.29) is 23.4 Å². The number of carbonyl (C=O) groups excluding carboxylic acids is 3.